The average molecular weight is 197 g/mol. The maximum atomic E-state index is 12.0. The molecule has 13 heavy (non-hydrogen) atoms. The van der Waals surface area contributed by atoms with Crippen LogP contribution in [-0.4, -0.2) is 41.4 Å². The Kier molecular flexibility index (Phi) is 3.18. The number of β-amino-alcohol motifs (C(OH)–C–C–N with tert-alkyl or cyclic N) is 1. The molecular weight excluding hydrogens is 183 g/mol. The summed E-state index contributed by atoms with van der Waals surface area (Å²) in [6.07, 6.45) is -4.84. The molecule has 0 amide bonds. The lowest BCUT2D eigenvalue weighted by molar-refractivity contribution is -0.208. The summed E-state index contributed by atoms with van der Waals surface area (Å²) in [4.78, 5) is 1.68. The highest BCUT2D eigenvalue weighted by Crippen LogP contribution is 2.24. The molecule has 2 unspecified atom stereocenters. The molecular formula is C8H14F3NO. The average Bonchev–Trinajstić information content (AvgIpc) is 2.34. The summed E-state index contributed by atoms with van der Waals surface area (Å²) in [5.74, 6) is 0. The number of hydrogen-bond acceptors (Lipinski definition) is 2. The van der Waals surface area contributed by atoms with Crippen molar-refractivity contribution in [2.45, 2.75) is 38.1 Å². The second kappa shape index (κ2) is 3.84. The van der Waals surface area contributed by atoms with E-state index in [1.54, 1.807) is 4.90 Å². The van der Waals surface area contributed by atoms with E-state index in [1.807, 2.05) is 6.92 Å². The van der Waals surface area contributed by atoms with Crippen LogP contribution in [0.25, 0.3) is 0 Å². The normalized spacial score (nSPS) is 27.9. The van der Waals surface area contributed by atoms with Gasteiger partial charge >= 0.3 is 6.18 Å². The molecule has 2 atom stereocenters. The zero-order valence-electron chi connectivity index (χ0n) is 7.51. The highest BCUT2D eigenvalue weighted by Gasteiger charge is 2.40. The van der Waals surface area contributed by atoms with Gasteiger partial charge in [-0.05, 0) is 26.3 Å². The zero-order valence-corrected chi connectivity index (χ0v) is 7.51. The Morgan fingerprint density at radius 1 is 1.54 bits per heavy atom. The Morgan fingerprint density at radius 2 is 2.15 bits per heavy atom. The third-order valence-electron chi connectivity index (χ3n) is 2.48. The van der Waals surface area contributed by atoms with Crippen molar-refractivity contribution in [3.05, 3.63) is 0 Å². The molecule has 2 nitrogen and oxygen atoms in total. The number of nitrogens with zero attached hydrogens (tertiary/aromatic N) is 1. The molecule has 0 aromatic rings. The summed E-state index contributed by atoms with van der Waals surface area (Å²) in [5, 5.41) is 8.80. The molecule has 78 valence electrons. The number of rotatable bonds is 2. The van der Waals surface area contributed by atoms with Crippen LogP contribution in [0.15, 0.2) is 0 Å². The number of likely N-dealkylation sites (tertiary alicyclic amines) is 1. The van der Waals surface area contributed by atoms with Crippen LogP contribution in [0.3, 0.4) is 0 Å². The van der Waals surface area contributed by atoms with Crippen molar-refractivity contribution in [1.29, 1.82) is 0 Å². The predicted molar refractivity (Wildman–Crippen MR) is 42.3 cm³/mol. The minimum absolute atomic E-state index is 0.164. The molecule has 0 aromatic carbocycles. The Morgan fingerprint density at radius 3 is 2.54 bits per heavy atom. The van der Waals surface area contributed by atoms with E-state index in [0.717, 1.165) is 12.8 Å². The van der Waals surface area contributed by atoms with Gasteiger partial charge in [-0.3, -0.25) is 4.90 Å². The first-order valence-corrected chi connectivity index (χ1v) is 4.40. The molecule has 1 N–H and O–H groups in total. The first-order chi connectivity index (χ1) is 5.91. The number of alkyl halides is 3. The van der Waals surface area contributed by atoms with Crippen LogP contribution in [0.2, 0.25) is 0 Å². The van der Waals surface area contributed by atoms with Crippen LogP contribution in [0, 0.1) is 0 Å². The molecule has 0 aliphatic carbocycles. The fourth-order valence-electron chi connectivity index (χ4n) is 1.59. The lowest BCUT2D eigenvalue weighted by Crippen LogP contribution is -2.42. The van der Waals surface area contributed by atoms with Crippen molar-refractivity contribution in [2.75, 3.05) is 13.1 Å². The second-order valence-corrected chi connectivity index (χ2v) is 3.54. The predicted octanol–water partition coefficient (Wildman–Crippen LogP) is 1.39. The topological polar surface area (TPSA) is 23.5 Å². The highest BCUT2D eigenvalue weighted by molar-refractivity contribution is 4.79. The fraction of sp³-hybridized carbons (Fsp3) is 1.00. The molecule has 0 aromatic heterocycles. The smallest absolute Gasteiger partial charge is 0.382 e. The van der Waals surface area contributed by atoms with E-state index in [4.69, 9.17) is 5.11 Å². The Balaban J connectivity index is 2.40. The Hall–Kier alpha value is -0.290. The minimum atomic E-state index is -4.48. The van der Waals surface area contributed by atoms with Crippen molar-refractivity contribution in [3.63, 3.8) is 0 Å². The van der Waals surface area contributed by atoms with Gasteiger partial charge in [0.05, 0.1) is 0 Å². The molecule has 0 saturated carbocycles. The lowest BCUT2D eigenvalue weighted by atomic mass is 10.2. The second-order valence-electron chi connectivity index (χ2n) is 3.54. The molecule has 1 rings (SSSR count). The summed E-state index contributed by atoms with van der Waals surface area (Å²) in [6, 6.07) is 0.164. The van der Waals surface area contributed by atoms with E-state index in [1.165, 1.54) is 0 Å². The largest absolute Gasteiger partial charge is 0.415 e. The van der Waals surface area contributed by atoms with E-state index >= 15 is 0 Å². The van der Waals surface area contributed by atoms with Crippen molar-refractivity contribution in [3.8, 4) is 0 Å². The van der Waals surface area contributed by atoms with Crippen LogP contribution in [-0.2, 0) is 0 Å². The summed E-state index contributed by atoms with van der Waals surface area (Å²) in [7, 11) is 0. The summed E-state index contributed by atoms with van der Waals surface area (Å²) in [5.41, 5.74) is 0. The van der Waals surface area contributed by atoms with Crippen LogP contribution < -0.4 is 0 Å². The van der Waals surface area contributed by atoms with Gasteiger partial charge in [0.2, 0.25) is 0 Å². The molecule has 1 aliphatic rings. The molecule has 1 saturated heterocycles. The standard InChI is InChI=1S/C8H14F3NO/c1-6-3-2-4-12(6)5-7(13)8(9,10)11/h6-7,13H,2-5H2,1H3. The maximum absolute atomic E-state index is 12.0. The van der Waals surface area contributed by atoms with Gasteiger partial charge in [0.1, 0.15) is 0 Å². The molecule has 0 bridgehead atoms. The number of aliphatic hydroxyl groups is 1. The number of halogens is 3. The van der Waals surface area contributed by atoms with Crippen LogP contribution >= 0.6 is 0 Å². The monoisotopic (exact) mass is 197 g/mol. The minimum Gasteiger partial charge on any atom is -0.382 e. The zero-order chi connectivity index (χ0) is 10.1. The summed E-state index contributed by atoms with van der Waals surface area (Å²) in [6.45, 7) is 2.26. The third-order valence-corrected chi connectivity index (χ3v) is 2.48. The van der Waals surface area contributed by atoms with Crippen molar-refractivity contribution in [1.82, 2.24) is 4.90 Å². The first-order valence-electron chi connectivity index (χ1n) is 4.40. The van der Waals surface area contributed by atoms with Crippen LogP contribution in [0.4, 0.5) is 13.2 Å². The van der Waals surface area contributed by atoms with Crippen LogP contribution in [0.1, 0.15) is 19.8 Å². The van der Waals surface area contributed by atoms with E-state index in [9.17, 15) is 13.2 Å². The summed E-state index contributed by atoms with van der Waals surface area (Å²) < 4.78 is 35.9. The molecule has 1 fully saturated rings. The lowest BCUT2D eigenvalue weighted by Gasteiger charge is -2.25. The SMILES string of the molecule is CC1CCCN1CC(O)C(F)(F)F. The van der Waals surface area contributed by atoms with E-state index in [-0.39, 0.29) is 12.6 Å². The third kappa shape index (κ3) is 2.84. The van der Waals surface area contributed by atoms with E-state index in [2.05, 4.69) is 0 Å². The van der Waals surface area contributed by atoms with Gasteiger partial charge in [-0.2, -0.15) is 13.2 Å². The maximum Gasteiger partial charge on any atom is 0.415 e. The van der Waals surface area contributed by atoms with Gasteiger partial charge in [0, 0.05) is 12.6 Å². The van der Waals surface area contributed by atoms with Gasteiger partial charge < -0.3 is 5.11 Å². The quantitative estimate of drug-likeness (QED) is 0.723. The van der Waals surface area contributed by atoms with E-state index < -0.39 is 12.3 Å². The van der Waals surface area contributed by atoms with Gasteiger partial charge in [-0.15, -0.1) is 0 Å². The Bertz CT molecular complexity index is 171. The van der Waals surface area contributed by atoms with Gasteiger partial charge in [-0.1, -0.05) is 0 Å². The molecule has 1 aliphatic heterocycles. The number of hydrogen-bond donors (Lipinski definition) is 1. The molecule has 1 heterocycles. The summed E-state index contributed by atoms with van der Waals surface area (Å²) >= 11 is 0. The van der Waals surface area contributed by atoms with Gasteiger partial charge in [0.25, 0.3) is 0 Å². The van der Waals surface area contributed by atoms with E-state index in [0.29, 0.717) is 6.54 Å². The molecule has 0 spiro atoms. The highest BCUT2D eigenvalue weighted by atomic mass is 19.4. The van der Waals surface area contributed by atoms with Crippen molar-refractivity contribution in [2.24, 2.45) is 0 Å². The van der Waals surface area contributed by atoms with Crippen LogP contribution in [0.5, 0.6) is 0 Å². The molecule has 0 radical (unpaired) electrons. The van der Waals surface area contributed by atoms with Gasteiger partial charge in [0.15, 0.2) is 6.10 Å². The Labute approximate surface area is 75.3 Å². The van der Waals surface area contributed by atoms with Gasteiger partial charge in [-0.25, -0.2) is 0 Å². The first kappa shape index (κ1) is 10.8. The molecule has 5 heteroatoms. The number of aliphatic hydroxyl groups excluding tert-OH is 1. The van der Waals surface area contributed by atoms with Crippen molar-refractivity contribution < 1.29 is 18.3 Å². The van der Waals surface area contributed by atoms with Crippen molar-refractivity contribution >= 4 is 0 Å². The fourth-order valence-corrected chi connectivity index (χ4v) is 1.59.